The number of halogens is 3. The molecular weight excluding hydrogens is 247 g/mol. The van der Waals surface area contributed by atoms with Crippen molar-refractivity contribution in [1.82, 2.24) is 0 Å². The fraction of sp³-hybridized carbons (Fsp3) is 0.417. The van der Waals surface area contributed by atoms with Gasteiger partial charge in [0.1, 0.15) is 17.5 Å². The molecule has 0 aliphatic carbocycles. The van der Waals surface area contributed by atoms with Crippen LogP contribution < -0.4 is 5.73 Å². The minimum absolute atomic E-state index is 0.0261. The molecule has 3 nitrogen and oxygen atoms in total. The van der Waals surface area contributed by atoms with Crippen LogP contribution >= 0.6 is 0 Å². The van der Waals surface area contributed by atoms with Gasteiger partial charge in [0.2, 0.25) is 0 Å². The van der Waals surface area contributed by atoms with Crippen molar-refractivity contribution in [3.05, 3.63) is 35.1 Å². The minimum atomic E-state index is -1.05. The summed E-state index contributed by atoms with van der Waals surface area (Å²) >= 11 is 0. The summed E-state index contributed by atoms with van der Waals surface area (Å²) in [6.07, 6.45) is -0.0242. The third-order valence-electron chi connectivity index (χ3n) is 2.38. The monoisotopic (exact) mass is 261 g/mol. The number of rotatable bonds is 5. The second kappa shape index (κ2) is 6.39. The number of benzene rings is 1. The van der Waals surface area contributed by atoms with E-state index in [1.807, 2.05) is 0 Å². The number of carbonyl (C=O) groups excluding carboxylic acids is 1. The molecule has 6 heteroatoms. The van der Waals surface area contributed by atoms with Gasteiger partial charge in [-0.25, -0.2) is 13.2 Å². The number of hydrogen-bond acceptors (Lipinski definition) is 3. The van der Waals surface area contributed by atoms with Gasteiger partial charge in [0.05, 0.1) is 6.61 Å². The maximum absolute atomic E-state index is 13.4. The lowest BCUT2D eigenvalue weighted by Crippen LogP contribution is -2.17. The number of nitrogens with two attached hydrogens (primary N) is 1. The van der Waals surface area contributed by atoms with Crippen LogP contribution in [0.1, 0.15) is 31.4 Å². The first-order chi connectivity index (χ1) is 8.45. The lowest BCUT2D eigenvalue weighted by molar-refractivity contribution is -0.143. The molecule has 18 heavy (non-hydrogen) atoms. The summed E-state index contributed by atoms with van der Waals surface area (Å²) in [4.78, 5) is 11.1. The van der Waals surface area contributed by atoms with Crippen LogP contribution in [-0.4, -0.2) is 12.6 Å². The Hall–Kier alpha value is -1.56. The standard InChI is InChI=1S/C12H14F3NO2/c1-2-18-11(17)4-3-10(16)12-8(14)5-7(13)6-9(12)15/h5-6,10H,2-4,16H2,1H3. The highest BCUT2D eigenvalue weighted by Gasteiger charge is 2.19. The van der Waals surface area contributed by atoms with Crippen molar-refractivity contribution in [2.24, 2.45) is 5.73 Å². The van der Waals surface area contributed by atoms with Crippen LogP contribution in [0, 0.1) is 17.5 Å². The number of carbonyl (C=O) groups is 1. The Morgan fingerprint density at radius 2 is 1.89 bits per heavy atom. The summed E-state index contributed by atoms with van der Waals surface area (Å²) in [7, 11) is 0. The summed E-state index contributed by atoms with van der Waals surface area (Å²) in [5, 5.41) is 0. The van der Waals surface area contributed by atoms with Gasteiger partial charge in [-0.05, 0) is 13.3 Å². The summed E-state index contributed by atoms with van der Waals surface area (Å²) in [5.41, 5.74) is 5.16. The minimum Gasteiger partial charge on any atom is -0.466 e. The Balaban J connectivity index is 2.73. The zero-order valence-electron chi connectivity index (χ0n) is 9.88. The van der Waals surface area contributed by atoms with E-state index in [9.17, 15) is 18.0 Å². The molecule has 0 spiro atoms. The molecule has 0 aliphatic heterocycles. The predicted octanol–water partition coefficient (Wildman–Crippen LogP) is 2.45. The van der Waals surface area contributed by atoms with Gasteiger partial charge in [-0.1, -0.05) is 0 Å². The normalized spacial score (nSPS) is 12.3. The zero-order valence-corrected chi connectivity index (χ0v) is 9.88. The Bertz CT molecular complexity index is 414. The van der Waals surface area contributed by atoms with Gasteiger partial charge in [-0.3, -0.25) is 4.79 Å². The molecule has 0 radical (unpaired) electrons. The molecule has 0 saturated carbocycles. The number of esters is 1. The molecule has 100 valence electrons. The van der Waals surface area contributed by atoms with Crippen molar-refractivity contribution in [1.29, 1.82) is 0 Å². The van der Waals surface area contributed by atoms with Crippen molar-refractivity contribution in [2.45, 2.75) is 25.8 Å². The first kappa shape index (κ1) is 14.5. The highest BCUT2D eigenvalue weighted by atomic mass is 19.1. The van der Waals surface area contributed by atoms with Crippen molar-refractivity contribution < 1.29 is 22.7 Å². The summed E-state index contributed by atoms with van der Waals surface area (Å²) in [6.45, 7) is 1.88. The molecule has 0 bridgehead atoms. The molecular formula is C12H14F3NO2. The van der Waals surface area contributed by atoms with Crippen LogP contribution in [0.3, 0.4) is 0 Å². The Kier molecular flexibility index (Phi) is 5.15. The molecule has 0 fully saturated rings. The largest absolute Gasteiger partial charge is 0.466 e. The van der Waals surface area contributed by atoms with E-state index in [4.69, 9.17) is 5.73 Å². The Labute approximate surface area is 103 Å². The Morgan fingerprint density at radius 3 is 2.39 bits per heavy atom. The first-order valence-electron chi connectivity index (χ1n) is 5.51. The van der Waals surface area contributed by atoms with E-state index in [0.717, 1.165) is 0 Å². The molecule has 0 amide bonds. The summed E-state index contributed by atoms with van der Waals surface area (Å²) in [6, 6.07) is 0.0978. The van der Waals surface area contributed by atoms with Crippen LogP contribution in [0.4, 0.5) is 13.2 Å². The average Bonchev–Trinajstić information content (AvgIpc) is 2.25. The molecule has 1 unspecified atom stereocenters. The summed E-state index contributed by atoms with van der Waals surface area (Å²) < 4.78 is 44.1. The van der Waals surface area contributed by atoms with E-state index in [1.165, 1.54) is 0 Å². The van der Waals surface area contributed by atoms with Crippen molar-refractivity contribution in [3.63, 3.8) is 0 Å². The van der Waals surface area contributed by atoms with E-state index in [1.54, 1.807) is 6.92 Å². The maximum atomic E-state index is 13.4. The molecule has 0 aliphatic rings. The molecule has 1 aromatic rings. The van der Waals surface area contributed by atoms with E-state index >= 15 is 0 Å². The number of hydrogen-bond donors (Lipinski definition) is 1. The van der Waals surface area contributed by atoms with Crippen LogP contribution in [0.15, 0.2) is 12.1 Å². The third-order valence-corrected chi connectivity index (χ3v) is 2.38. The molecule has 1 atom stereocenters. The fourth-order valence-corrected chi connectivity index (χ4v) is 1.56. The Morgan fingerprint density at radius 1 is 1.33 bits per heavy atom. The lowest BCUT2D eigenvalue weighted by Gasteiger charge is -2.13. The van der Waals surface area contributed by atoms with Crippen LogP contribution in [0.25, 0.3) is 0 Å². The molecule has 1 rings (SSSR count). The molecule has 0 saturated heterocycles. The van der Waals surface area contributed by atoms with Gasteiger partial charge >= 0.3 is 5.97 Å². The molecule has 0 aromatic heterocycles. The molecule has 2 N–H and O–H groups in total. The van der Waals surface area contributed by atoms with Gasteiger partial charge in [-0.2, -0.15) is 0 Å². The zero-order chi connectivity index (χ0) is 13.7. The van der Waals surface area contributed by atoms with Crippen LogP contribution in [-0.2, 0) is 9.53 Å². The summed E-state index contributed by atoms with van der Waals surface area (Å²) in [5.74, 6) is -3.60. The van der Waals surface area contributed by atoms with Crippen molar-refractivity contribution >= 4 is 5.97 Å². The highest BCUT2D eigenvalue weighted by molar-refractivity contribution is 5.69. The third kappa shape index (κ3) is 3.73. The van der Waals surface area contributed by atoms with Crippen LogP contribution in [0.5, 0.6) is 0 Å². The van der Waals surface area contributed by atoms with E-state index in [2.05, 4.69) is 4.74 Å². The number of ether oxygens (including phenoxy) is 1. The lowest BCUT2D eigenvalue weighted by atomic mass is 10.0. The van der Waals surface area contributed by atoms with Gasteiger partial charge in [0.25, 0.3) is 0 Å². The fourth-order valence-electron chi connectivity index (χ4n) is 1.56. The quantitative estimate of drug-likeness (QED) is 0.828. The second-order valence-corrected chi connectivity index (χ2v) is 3.73. The van der Waals surface area contributed by atoms with Crippen molar-refractivity contribution in [3.8, 4) is 0 Å². The van der Waals surface area contributed by atoms with Crippen molar-refractivity contribution in [2.75, 3.05) is 6.61 Å². The van der Waals surface area contributed by atoms with Gasteiger partial charge in [0.15, 0.2) is 0 Å². The SMILES string of the molecule is CCOC(=O)CCC(N)c1c(F)cc(F)cc1F. The van der Waals surface area contributed by atoms with Gasteiger partial charge < -0.3 is 10.5 Å². The van der Waals surface area contributed by atoms with Gasteiger partial charge in [0, 0.05) is 30.2 Å². The smallest absolute Gasteiger partial charge is 0.305 e. The predicted molar refractivity (Wildman–Crippen MR) is 59.1 cm³/mol. The van der Waals surface area contributed by atoms with E-state index < -0.39 is 35.0 Å². The molecule has 0 heterocycles. The van der Waals surface area contributed by atoms with Gasteiger partial charge in [-0.15, -0.1) is 0 Å². The van der Waals surface area contributed by atoms with E-state index in [-0.39, 0.29) is 19.4 Å². The first-order valence-corrected chi connectivity index (χ1v) is 5.51. The maximum Gasteiger partial charge on any atom is 0.305 e. The van der Waals surface area contributed by atoms with E-state index in [0.29, 0.717) is 12.1 Å². The van der Waals surface area contributed by atoms with Crippen LogP contribution in [0.2, 0.25) is 0 Å². The molecule has 1 aromatic carbocycles. The average molecular weight is 261 g/mol. The highest BCUT2D eigenvalue weighted by Crippen LogP contribution is 2.23. The topological polar surface area (TPSA) is 52.3 Å². The second-order valence-electron chi connectivity index (χ2n) is 3.73.